The Bertz CT molecular complexity index is 1170. The zero-order valence-electron chi connectivity index (χ0n) is 16.4. The third-order valence-electron chi connectivity index (χ3n) is 4.48. The van der Waals surface area contributed by atoms with Crippen molar-refractivity contribution in [2.75, 3.05) is 0 Å². The zero-order chi connectivity index (χ0) is 21.8. The van der Waals surface area contributed by atoms with Crippen molar-refractivity contribution in [2.45, 2.75) is 33.2 Å². The molecule has 156 valence electrons. The molecule has 0 radical (unpaired) electrons. The Labute approximate surface area is 181 Å². The molecule has 1 heterocycles. The normalized spacial score (nSPS) is 11.7. The van der Waals surface area contributed by atoms with Crippen molar-refractivity contribution in [3.8, 4) is 11.3 Å². The van der Waals surface area contributed by atoms with Crippen LogP contribution >= 0.6 is 22.9 Å². The van der Waals surface area contributed by atoms with Crippen molar-refractivity contribution in [3.05, 3.63) is 78.7 Å². The molecule has 0 fully saturated rings. The lowest BCUT2D eigenvalue weighted by Gasteiger charge is -2.09. The fourth-order valence-electron chi connectivity index (χ4n) is 3.10. The number of hydrogen-bond donors (Lipinski definition) is 0. The van der Waals surface area contributed by atoms with Crippen LogP contribution < -0.4 is 4.80 Å². The smallest absolute Gasteiger partial charge is 0.281 e. The topological polar surface area (TPSA) is 77.5 Å². The maximum atomic E-state index is 13.4. The van der Waals surface area contributed by atoms with Gasteiger partial charge in [-0.25, -0.2) is 4.39 Å². The first kappa shape index (κ1) is 21.9. The Morgan fingerprint density at radius 3 is 2.50 bits per heavy atom. The van der Waals surface area contributed by atoms with Gasteiger partial charge in [-0.05, 0) is 49.2 Å². The van der Waals surface area contributed by atoms with Gasteiger partial charge in [0.15, 0.2) is 4.80 Å². The lowest BCUT2D eigenvalue weighted by molar-refractivity contribution is -0.384. The maximum Gasteiger partial charge on any atom is 0.281 e. The number of benzene rings is 2. The number of rotatable bonds is 6. The molecular weight excluding hydrogens is 429 g/mol. The Morgan fingerprint density at radius 1 is 1.23 bits per heavy atom. The van der Waals surface area contributed by atoms with E-state index in [2.05, 4.69) is 11.9 Å². The van der Waals surface area contributed by atoms with E-state index in [9.17, 15) is 19.3 Å². The van der Waals surface area contributed by atoms with E-state index in [0.29, 0.717) is 11.3 Å². The van der Waals surface area contributed by atoms with Gasteiger partial charge >= 0.3 is 0 Å². The van der Waals surface area contributed by atoms with Crippen LogP contribution in [0.25, 0.3) is 11.3 Å². The molecule has 9 heteroatoms. The molecule has 2 aromatic carbocycles. The van der Waals surface area contributed by atoms with Crippen LogP contribution in [-0.4, -0.2) is 15.4 Å². The van der Waals surface area contributed by atoms with Crippen molar-refractivity contribution in [2.24, 2.45) is 4.99 Å². The van der Waals surface area contributed by atoms with Gasteiger partial charge in [0.2, 0.25) is 0 Å². The molecule has 0 N–H and O–H groups in total. The number of nitrogens with zero attached hydrogens (tertiary/aromatic N) is 3. The number of carbonyl (C=O) groups is 1. The number of nitro benzene ring substituents is 1. The minimum Gasteiger partial charge on any atom is -0.316 e. The molecule has 6 nitrogen and oxygen atoms in total. The second kappa shape index (κ2) is 9.32. The van der Waals surface area contributed by atoms with Crippen LogP contribution in [0.1, 0.15) is 35.5 Å². The number of non-ortho nitro benzene ring substituents is 1. The van der Waals surface area contributed by atoms with E-state index in [1.165, 1.54) is 35.6 Å². The summed E-state index contributed by atoms with van der Waals surface area (Å²) in [4.78, 5) is 28.9. The predicted molar refractivity (Wildman–Crippen MR) is 115 cm³/mol. The van der Waals surface area contributed by atoms with Crippen molar-refractivity contribution in [3.63, 3.8) is 0 Å². The molecule has 30 heavy (non-hydrogen) atoms. The minimum absolute atomic E-state index is 0.0231. The molecule has 0 atom stereocenters. The number of thiazole rings is 1. The van der Waals surface area contributed by atoms with Crippen LogP contribution in [0.5, 0.6) is 0 Å². The summed E-state index contributed by atoms with van der Waals surface area (Å²) in [6.45, 7) is 4.56. The molecule has 1 aromatic heterocycles. The highest BCUT2D eigenvalue weighted by Gasteiger charge is 2.18. The molecule has 0 aliphatic heterocycles. The molecule has 0 aliphatic carbocycles. The molecule has 1 amide bonds. The van der Waals surface area contributed by atoms with E-state index in [4.69, 9.17) is 11.6 Å². The predicted octanol–water partition coefficient (Wildman–Crippen LogP) is 5.63. The van der Waals surface area contributed by atoms with Crippen molar-refractivity contribution < 1.29 is 14.1 Å². The van der Waals surface area contributed by atoms with Crippen LogP contribution in [-0.2, 0) is 13.0 Å². The van der Waals surface area contributed by atoms with Crippen molar-refractivity contribution in [1.29, 1.82) is 0 Å². The van der Waals surface area contributed by atoms with E-state index in [0.717, 1.165) is 35.0 Å². The Hall–Kier alpha value is -2.84. The standard InChI is InChI=1S/C21H19ClFN3O3S/c1-3-5-18-19(13-6-8-14(23)9-7-13)25(4-2)21(30-18)24-20(27)16-11-10-15(26(28)29)12-17(16)22/h6-12H,3-5H2,1-2H3. The highest BCUT2D eigenvalue weighted by molar-refractivity contribution is 7.09. The average molecular weight is 448 g/mol. The lowest BCUT2D eigenvalue weighted by Crippen LogP contribution is -2.17. The third kappa shape index (κ3) is 4.49. The van der Waals surface area contributed by atoms with Gasteiger partial charge in [0.25, 0.3) is 11.6 Å². The van der Waals surface area contributed by atoms with E-state index >= 15 is 0 Å². The monoisotopic (exact) mass is 447 g/mol. The Morgan fingerprint density at radius 2 is 1.93 bits per heavy atom. The zero-order valence-corrected chi connectivity index (χ0v) is 18.0. The highest BCUT2D eigenvalue weighted by atomic mass is 35.5. The molecular formula is C21H19ClFN3O3S. The van der Waals surface area contributed by atoms with Crippen LogP contribution in [0.4, 0.5) is 10.1 Å². The van der Waals surface area contributed by atoms with Gasteiger partial charge in [0.1, 0.15) is 5.82 Å². The van der Waals surface area contributed by atoms with Gasteiger partial charge in [-0.15, -0.1) is 11.3 Å². The molecule has 0 spiro atoms. The molecule has 3 aromatic rings. The number of halogens is 2. The Kier molecular flexibility index (Phi) is 6.79. The second-order valence-electron chi connectivity index (χ2n) is 6.50. The van der Waals surface area contributed by atoms with Crippen molar-refractivity contribution >= 4 is 34.5 Å². The summed E-state index contributed by atoms with van der Waals surface area (Å²) in [5, 5.41) is 10.9. The summed E-state index contributed by atoms with van der Waals surface area (Å²) < 4.78 is 15.3. The van der Waals surface area contributed by atoms with Crippen LogP contribution in [0, 0.1) is 15.9 Å². The first-order chi connectivity index (χ1) is 14.3. The summed E-state index contributed by atoms with van der Waals surface area (Å²) in [6.07, 6.45) is 1.69. The molecule has 0 aliphatic rings. The van der Waals surface area contributed by atoms with Crippen LogP contribution in [0.3, 0.4) is 0 Å². The van der Waals surface area contributed by atoms with Crippen molar-refractivity contribution in [1.82, 2.24) is 4.57 Å². The number of carbonyl (C=O) groups excluding carboxylic acids is 1. The van der Waals surface area contributed by atoms with E-state index < -0.39 is 10.8 Å². The maximum absolute atomic E-state index is 13.4. The van der Waals surface area contributed by atoms with Gasteiger partial charge in [0, 0.05) is 23.6 Å². The lowest BCUT2D eigenvalue weighted by atomic mass is 10.1. The van der Waals surface area contributed by atoms with Crippen LogP contribution in [0.15, 0.2) is 47.5 Å². The largest absolute Gasteiger partial charge is 0.316 e. The summed E-state index contributed by atoms with van der Waals surface area (Å²) in [5.74, 6) is -0.894. The summed E-state index contributed by atoms with van der Waals surface area (Å²) in [5.41, 5.74) is 1.66. The van der Waals surface area contributed by atoms with E-state index in [1.807, 2.05) is 11.5 Å². The fraction of sp³-hybridized carbons (Fsp3) is 0.238. The minimum atomic E-state index is -0.577. The van der Waals surface area contributed by atoms with Gasteiger partial charge < -0.3 is 4.57 Å². The number of nitro groups is 1. The summed E-state index contributed by atoms with van der Waals surface area (Å²) in [7, 11) is 0. The van der Waals surface area contributed by atoms with Gasteiger partial charge in [-0.3, -0.25) is 14.9 Å². The number of amides is 1. The average Bonchev–Trinajstić information content (AvgIpc) is 3.05. The van der Waals surface area contributed by atoms with Gasteiger partial charge in [0.05, 0.1) is 21.2 Å². The molecule has 0 bridgehead atoms. The highest BCUT2D eigenvalue weighted by Crippen LogP contribution is 2.28. The SMILES string of the molecule is CCCc1sc(=NC(=O)c2ccc([N+](=O)[O-])cc2Cl)n(CC)c1-c1ccc(F)cc1. The number of hydrogen-bond acceptors (Lipinski definition) is 4. The summed E-state index contributed by atoms with van der Waals surface area (Å²) >= 11 is 7.48. The quantitative estimate of drug-likeness (QED) is 0.363. The van der Waals surface area contributed by atoms with Gasteiger partial charge in [-0.2, -0.15) is 4.99 Å². The first-order valence-electron chi connectivity index (χ1n) is 9.37. The summed E-state index contributed by atoms with van der Waals surface area (Å²) in [6, 6.07) is 9.90. The van der Waals surface area contributed by atoms with Gasteiger partial charge in [-0.1, -0.05) is 24.9 Å². The molecule has 0 saturated carbocycles. The second-order valence-corrected chi connectivity index (χ2v) is 7.97. The van der Waals surface area contributed by atoms with Crippen LogP contribution in [0.2, 0.25) is 5.02 Å². The Balaban J connectivity index is 2.12. The molecule has 3 rings (SSSR count). The molecule has 0 unspecified atom stereocenters. The number of aryl methyl sites for hydroxylation is 1. The fourth-order valence-corrected chi connectivity index (χ4v) is 4.66. The third-order valence-corrected chi connectivity index (χ3v) is 5.93. The van der Waals surface area contributed by atoms with E-state index in [1.54, 1.807) is 12.1 Å². The molecule has 0 saturated heterocycles. The van der Waals surface area contributed by atoms with E-state index in [-0.39, 0.29) is 22.1 Å². The first-order valence-corrected chi connectivity index (χ1v) is 10.6. The number of aromatic nitrogens is 1.